The predicted molar refractivity (Wildman–Crippen MR) is 162 cm³/mol. The average Bonchev–Trinajstić information content (AvgIpc) is 3.52. The van der Waals surface area contributed by atoms with Crippen LogP contribution in [-0.2, 0) is 14.4 Å². The maximum atomic E-state index is 14.6. The van der Waals surface area contributed by atoms with Crippen molar-refractivity contribution in [3.8, 4) is 0 Å². The number of thioether (sulfide) groups is 1. The number of para-hydroxylation sites is 1. The van der Waals surface area contributed by atoms with Crippen LogP contribution in [-0.4, -0.2) is 79.9 Å². The second kappa shape index (κ2) is 12.1. The van der Waals surface area contributed by atoms with Gasteiger partial charge in [0.25, 0.3) is 0 Å². The van der Waals surface area contributed by atoms with Crippen LogP contribution in [0.4, 0.5) is 5.69 Å². The van der Waals surface area contributed by atoms with Gasteiger partial charge in [-0.2, -0.15) is 0 Å². The van der Waals surface area contributed by atoms with Gasteiger partial charge in [-0.3, -0.25) is 14.4 Å². The van der Waals surface area contributed by atoms with Gasteiger partial charge in [-0.05, 0) is 51.7 Å². The fourth-order valence-electron chi connectivity index (χ4n) is 7.41. The predicted octanol–water partition coefficient (Wildman–Crippen LogP) is 4.66. The van der Waals surface area contributed by atoms with Gasteiger partial charge in [-0.15, -0.1) is 24.9 Å². The van der Waals surface area contributed by atoms with E-state index in [-0.39, 0.29) is 30.4 Å². The Bertz CT molecular complexity index is 1120. The van der Waals surface area contributed by atoms with Crippen LogP contribution in [0, 0.1) is 11.8 Å². The molecule has 3 amide bonds. The normalized spacial score (nSPS) is 30.1. The molecule has 1 aromatic rings. The second-order valence-electron chi connectivity index (χ2n) is 11.7. The summed E-state index contributed by atoms with van der Waals surface area (Å²) in [7, 11) is 0. The molecule has 4 rings (SSSR count). The minimum absolute atomic E-state index is 0.0186. The molecule has 7 atom stereocenters. The lowest BCUT2D eigenvalue weighted by atomic mass is 9.66. The van der Waals surface area contributed by atoms with Gasteiger partial charge < -0.3 is 19.8 Å². The monoisotopic (exact) mass is 567 g/mol. The first kappa shape index (κ1) is 30.4. The lowest BCUT2D eigenvalue weighted by Crippen LogP contribution is -2.58. The van der Waals surface area contributed by atoms with Crippen molar-refractivity contribution in [3.63, 3.8) is 0 Å². The zero-order valence-electron chi connectivity index (χ0n) is 24.4. The van der Waals surface area contributed by atoms with Crippen LogP contribution in [0.2, 0.25) is 0 Å². The molecule has 1 spiro atoms. The molecule has 0 aliphatic carbocycles. The Morgan fingerprint density at radius 1 is 1.15 bits per heavy atom. The van der Waals surface area contributed by atoms with E-state index in [4.69, 9.17) is 0 Å². The number of nitrogens with zero attached hydrogens (tertiary/aromatic N) is 3. The Balaban J connectivity index is 1.83. The molecule has 3 aliphatic heterocycles. The molecule has 0 aromatic heterocycles. The number of hydrogen-bond acceptors (Lipinski definition) is 5. The minimum Gasteiger partial charge on any atom is -0.394 e. The molecule has 2 bridgehead atoms. The van der Waals surface area contributed by atoms with Crippen LogP contribution >= 0.6 is 11.8 Å². The number of aliphatic hydroxyl groups excluding tert-OH is 1. The quantitative estimate of drug-likeness (QED) is 0.351. The van der Waals surface area contributed by atoms with Crippen LogP contribution in [0.15, 0.2) is 55.6 Å². The summed E-state index contributed by atoms with van der Waals surface area (Å²) in [5, 5.41) is 10.4. The summed E-state index contributed by atoms with van der Waals surface area (Å²) >= 11 is 1.67. The van der Waals surface area contributed by atoms with Gasteiger partial charge in [0, 0.05) is 29.6 Å². The highest BCUT2D eigenvalue weighted by molar-refractivity contribution is 8.02. The molecule has 1 aromatic carbocycles. The van der Waals surface area contributed by atoms with Crippen molar-refractivity contribution in [1.82, 2.24) is 9.80 Å². The van der Waals surface area contributed by atoms with Crippen molar-refractivity contribution in [2.24, 2.45) is 11.8 Å². The topological polar surface area (TPSA) is 81.2 Å². The largest absolute Gasteiger partial charge is 0.394 e. The van der Waals surface area contributed by atoms with Crippen LogP contribution < -0.4 is 4.90 Å². The Morgan fingerprint density at radius 2 is 1.82 bits per heavy atom. The summed E-state index contributed by atoms with van der Waals surface area (Å²) in [4.78, 5) is 48.8. The van der Waals surface area contributed by atoms with Crippen LogP contribution in [0.3, 0.4) is 0 Å². The third-order valence-corrected chi connectivity index (χ3v) is 11.3. The Kier molecular flexibility index (Phi) is 9.20. The fraction of sp³-hybridized carbons (Fsp3) is 0.594. The molecule has 7 nitrogen and oxygen atoms in total. The number of likely N-dealkylation sites (tertiary alicyclic amines) is 1. The van der Waals surface area contributed by atoms with Gasteiger partial charge in [-0.25, -0.2) is 0 Å². The second-order valence-corrected chi connectivity index (χ2v) is 13.6. The van der Waals surface area contributed by atoms with Crippen molar-refractivity contribution in [1.29, 1.82) is 0 Å². The summed E-state index contributed by atoms with van der Waals surface area (Å²) in [6, 6.07) is 8.25. The molecule has 40 heavy (non-hydrogen) atoms. The van der Waals surface area contributed by atoms with Gasteiger partial charge in [0.1, 0.15) is 6.04 Å². The highest BCUT2D eigenvalue weighted by Gasteiger charge is 2.78. The molecule has 1 N–H and O–H groups in total. The number of aliphatic hydroxyl groups is 1. The van der Waals surface area contributed by atoms with E-state index in [1.165, 1.54) is 0 Å². The number of hydrogen-bond donors (Lipinski definition) is 1. The Hall–Kier alpha value is -2.58. The summed E-state index contributed by atoms with van der Waals surface area (Å²) in [6.07, 6.45) is 7.16. The molecule has 8 heteroatoms. The number of carbonyl (C=O) groups is 3. The van der Waals surface area contributed by atoms with Crippen molar-refractivity contribution in [2.75, 3.05) is 24.6 Å². The van der Waals surface area contributed by atoms with Crippen molar-refractivity contribution in [2.45, 2.75) is 87.4 Å². The van der Waals surface area contributed by atoms with Crippen LogP contribution in [0.1, 0.15) is 59.8 Å². The SMILES string of the molecule is C=CCN(C(=O)[C@@H]1[C@H]2C(=O)N([C@@H](CC)CO)C(C(=O)N(CC=C)C(C)CCC)C23CC[C@@]1(C)S3)c1ccccc1. The lowest BCUT2D eigenvalue weighted by Gasteiger charge is -2.41. The molecule has 3 heterocycles. The maximum Gasteiger partial charge on any atom is 0.247 e. The third-order valence-electron chi connectivity index (χ3n) is 9.28. The van der Waals surface area contributed by atoms with E-state index in [0.29, 0.717) is 25.9 Å². The zero-order valence-corrected chi connectivity index (χ0v) is 25.2. The van der Waals surface area contributed by atoms with E-state index in [1.54, 1.807) is 33.7 Å². The molecular formula is C32H45N3O4S. The highest BCUT2D eigenvalue weighted by atomic mass is 32.2. The van der Waals surface area contributed by atoms with Crippen molar-refractivity contribution < 1.29 is 19.5 Å². The molecular weight excluding hydrogens is 522 g/mol. The summed E-state index contributed by atoms with van der Waals surface area (Å²) in [6.45, 7) is 16.4. The van der Waals surface area contributed by atoms with Gasteiger partial charge in [0.2, 0.25) is 17.7 Å². The number of rotatable bonds is 13. The zero-order chi connectivity index (χ0) is 29.2. The molecule has 3 aliphatic rings. The van der Waals surface area contributed by atoms with E-state index in [9.17, 15) is 19.5 Å². The first-order chi connectivity index (χ1) is 19.1. The first-order valence-electron chi connectivity index (χ1n) is 14.7. The lowest BCUT2D eigenvalue weighted by molar-refractivity contribution is -0.147. The molecule has 3 fully saturated rings. The maximum absolute atomic E-state index is 14.6. The minimum atomic E-state index is -0.740. The molecule has 0 radical (unpaired) electrons. The van der Waals surface area contributed by atoms with Crippen LogP contribution in [0.25, 0.3) is 0 Å². The smallest absolute Gasteiger partial charge is 0.247 e. The number of carbonyl (C=O) groups excluding carboxylic acids is 3. The van der Waals surface area contributed by atoms with Gasteiger partial charge in [-0.1, -0.05) is 50.6 Å². The third kappa shape index (κ3) is 4.81. The average molecular weight is 568 g/mol. The van der Waals surface area contributed by atoms with Gasteiger partial charge in [0.15, 0.2) is 0 Å². The van der Waals surface area contributed by atoms with E-state index in [2.05, 4.69) is 27.0 Å². The number of amides is 3. The van der Waals surface area contributed by atoms with Gasteiger partial charge >= 0.3 is 0 Å². The van der Waals surface area contributed by atoms with Crippen molar-refractivity contribution >= 4 is 35.2 Å². The Labute approximate surface area is 243 Å². The van der Waals surface area contributed by atoms with Gasteiger partial charge in [0.05, 0.1) is 29.2 Å². The number of fused-ring (bicyclic) bond motifs is 1. The van der Waals surface area contributed by atoms with E-state index < -0.39 is 33.4 Å². The summed E-state index contributed by atoms with van der Waals surface area (Å²) in [5.41, 5.74) is 0.764. The summed E-state index contributed by atoms with van der Waals surface area (Å²) in [5.74, 6) is -1.60. The van der Waals surface area contributed by atoms with E-state index >= 15 is 0 Å². The molecule has 3 unspecified atom stereocenters. The summed E-state index contributed by atoms with van der Waals surface area (Å²) < 4.78 is -1.21. The molecule has 218 valence electrons. The molecule has 3 saturated heterocycles. The Morgan fingerprint density at radius 3 is 2.40 bits per heavy atom. The first-order valence-corrected chi connectivity index (χ1v) is 15.5. The highest BCUT2D eigenvalue weighted by Crippen LogP contribution is 2.72. The van der Waals surface area contributed by atoms with E-state index in [1.807, 2.05) is 49.1 Å². The standard InChI is InChI=1S/C32H45N3O4S/c1-7-14-22(5)33(19-8-2)30(39)27-32-18-17-31(6,40-32)25(26(32)29(38)35(27)23(10-4)21-36)28(37)34(20-9-3)24-15-12-11-13-16-24/h8-9,11-13,15-16,22-23,25-27,36H,2-3,7,10,14,17-21H2,1,4-6H3/t22?,23-,25-,26-,27?,31+,32?/m0/s1. The van der Waals surface area contributed by atoms with E-state index in [0.717, 1.165) is 24.9 Å². The van der Waals surface area contributed by atoms with Crippen LogP contribution in [0.5, 0.6) is 0 Å². The number of anilines is 1. The molecule has 0 saturated carbocycles. The number of benzene rings is 1. The van der Waals surface area contributed by atoms with Crippen molar-refractivity contribution in [3.05, 3.63) is 55.6 Å². The fourth-order valence-corrected chi connectivity index (χ4v) is 9.74.